The highest BCUT2D eigenvalue weighted by Crippen LogP contribution is 2.25. The third-order valence-corrected chi connectivity index (χ3v) is 6.32. The Morgan fingerprint density at radius 1 is 1.06 bits per heavy atom. The number of nitriles is 1. The fourth-order valence-corrected chi connectivity index (χ4v) is 4.66. The number of thioether (sulfide) groups is 1. The van der Waals surface area contributed by atoms with Crippen molar-refractivity contribution in [2.45, 2.75) is 18.0 Å². The SMILES string of the molecule is N#Cc1ccccc1NC(=O)CCSc1nnc(Cc2cccs2)n1-c1ccccc1. The fourth-order valence-electron chi connectivity index (χ4n) is 3.05. The van der Waals surface area contributed by atoms with Crippen LogP contribution < -0.4 is 5.32 Å². The minimum absolute atomic E-state index is 0.139. The number of carbonyl (C=O) groups excluding carboxylic acids is 1. The number of rotatable bonds is 8. The predicted octanol–water partition coefficient (Wildman–Crippen LogP) is 4.91. The molecule has 4 aromatic rings. The normalized spacial score (nSPS) is 10.5. The first-order valence-electron chi connectivity index (χ1n) is 9.68. The molecule has 31 heavy (non-hydrogen) atoms. The number of hydrogen-bond acceptors (Lipinski definition) is 6. The molecule has 0 bridgehead atoms. The molecule has 1 N–H and O–H groups in total. The van der Waals surface area contributed by atoms with Crippen molar-refractivity contribution in [3.8, 4) is 11.8 Å². The van der Waals surface area contributed by atoms with E-state index in [0.29, 0.717) is 29.8 Å². The number of benzene rings is 2. The minimum atomic E-state index is -0.139. The van der Waals surface area contributed by atoms with Crippen LogP contribution in [-0.4, -0.2) is 26.4 Å². The van der Waals surface area contributed by atoms with Crippen LogP contribution in [-0.2, 0) is 11.2 Å². The van der Waals surface area contributed by atoms with Gasteiger partial charge >= 0.3 is 0 Å². The molecule has 4 rings (SSSR count). The molecular weight excluding hydrogens is 426 g/mol. The van der Waals surface area contributed by atoms with Crippen LogP contribution in [0.1, 0.15) is 22.7 Å². The molecule has 6 nitrogen and oxygen atoms in total. The monoisotopic (exact) mass is 445 g/mol. The molecule has 0 spiro atoms. The number of nitrogens with zero attached hydrogens (tertiary/aromatic N) is 4. The molecule has 2 heterocycles. The van der Waals surface area contributed by atoms with Gasteiger partial charge in [-0.3, -0.25) is 9.36 Å². The maximum absolute atomic E-state index is 12.4. The number of para-hydroxylation sites is 2. The van der Waals surface area contributed by atoms with E-state index in [4.69, 9.17) is 5.26 Å². The summed E-state index contributed by atoms with van der Waals surface area (Å²) in [6.45, 7) is 0. The van der Waals surface area contributed by atoms with Gasteiger partial charge in [-0.05, 0) is 35.7 Å². The molecule has 2 aromatic heterocycles. The molecule has 0 aliphatic heterocycles. The van der Waals surface area contributed by atoms with Crippen LogP contribution >= 0.6 is 23.1 Å². The number of hydrogen-bond donors (Lipinski definition) is 1. The van der Waals surface area contributed by atoms with Gasteiger partial charge in [0.2, 0.25) is 5.91 Å². The van der Waals surface area contributed by atoms with Gasteiger partial charge in [0.1, 0.15) is 11.9 Å². The van der Waals surface area contributed by atoms with Gasteiger partial charge in [0.15, 0.2) is 5.16 Å². The Labute approximate surface area is 188 Å². The molecule has 0 aliphatic rings. The van der Waals surface area contributed by atoms with Crippen molar-refractivity contribution in [3.63, 3.8) is 0 Å². The van der Waals surface area contributed by atoms with Gasteiger partial charge in [0.25, 0.3) is 0 Å². The third-order valence-electron chi connectivity index (χ3n) is 4.51. The Kier molecular flexibility index (Phi) is 6.77. The second-order valence-electron chi connectivity index (χ2n) is 6.63. The van der Waals surface area contributed by atoms with Gasteiger partial charge in [-0.1, -0.05) is 48.2 Å². The van der Waals surface area contributed by atoms with Crippen LogP contribution in [0.15, 0.2) is 77.3 Å². The lowest BCUT2D eigenvalue weighted by molar-refractivity contribution is -0.115. The highest BCUT2D eigenvalue weighted by atomic mass is 32.2. The van der Waals surface area contributed by atoms with Crippen molar-refractivity contribution in [1.82, 2.24) is 14.8 Å². The topological polar surface area (TPSA) is 83.6 Å². The molecule has 0 saturated heterocycles. The first-order valence-corrected chi connectivity index (χ1v) is 11.5. The van der Waals surface area contributed by atoms with E-state index in [1.807, 2.05) is 41.0 Å². The van der Waals surface area contributed by atoms with E-state index in [2.05, 4.69) is 33.0 Å². The average molecular weight is 446 g/mol. The van der Waals surface area contributed by atoms with Crippen molar-refractivity contribution < 1.29 is 4.79 Å². The van der Waals surface area contributed by atoms with Crippen molar-refractivity contribution in [2.75, 3.05) is 11.1 Å². The van der Waals surface area contributed by atoms with E-state index in [0.717, 1.165) is 16.7 Å². The minimum Gasteiger partial charge on any atom is -0.325 e. The van der Waals surface area contributed by atoms with Gasteiger partial charge < -0.3 is 5.32 Å². The molecule has 2 aromatic carbocycles. The Hall–Kier alpha value is -3.41. The number of carbonyl (C=O) groups is 1. The van der Waals surface area contributed by atoms with E-state index in [9.17, 15) is 4.79 Å². The first kappa shape index (κ1) is 20.8. The summed E-state index contributed by atoms with van der Waals surface area (Å²) >= 11 is 3.18. The highest BCUT2D eigenvalue weighted by Gasteiger charge is 2.16. The smallest absolute Gasteiger partial charge is 0.225 e. The largest absolute Gasteiger partial charge is 0.325 e. The Bertz CT molecular complexity index is 1200. The van der Waals surface area contributed by atoms with Gasteiger partial charge in [-0.25, -0.2) is 0 Å². The zero-order valence-electron chi connectivity index (χ0n) is 16.6. The summed E-state index contributed by atoms with van der Waals surface area (Å²) in [5.74, 6) is 1.27. The Morgan fingerprint density at radius 2 is 1.87 bits per heavy atom. The fraction of sp³-hybridized carbons (Fsp3) is 0.130. The second kappa shape index (κ2) is 10.1. The molecule has 8 heteroatoms. The van der Waals surface area contributed by atoms with Crippen molar-refractivity contribution in [1.29, 1.82) is 5.26 Å². The summed E-state index contributed by atoms with van der Waals surface area (Å²) in [5.41, 5.74) is 1.98. The van der Waals surface area contributed by atoms with Gasteiger partial charge in [-0.15, -0.1) is 21.5 Å². The summed E-state index contributed by atoms with van der Waals surface area (Å²) < 4.78 is 2.05. The van der Waals surface area contributed by atoms with Crippen LogP contribution in [0.4, 0.5) is 5.69 Å². The number of anilines is 1. The molecular formula is C23H19N5OS2. The summed E-state index contributed by atoms with van der Waals surface area (Å²) in [6, 6.07) is 23.2. The number of nitrogens with one attached hydrogen (secondary N) is 1. The molecule has 0 radical (unpaired) electrons. The standard InChI is InChI=1S/C23H19N5OS2/c24-16-17-7-4-5-11-20(17)25-22(29)12-14-31-23-27-26-21(15-19-10-6-13-30-19)28(23)18-8-2-1-3-9-18/h1-11,13H,12,14-15H2,(H,25,29). The number of amides is 1. The lowest BCUT2D eigenvalue weighted by Crippen LogP contribution is -2.13. The van der Waals surface area contributed by atoms with E-state index < -0.39 is 0 Å². The average Bonchev–Trinajstić information content (AvgIpc) is 3.45. The van der Waals surface area contributed by atoms with Crippen LogP contribution in [0.5, 0.6) is 0 Å². The Balaban J connectivity index is 1.45. The molecule has 0 aliphatic carbocycles. The van der Waals surface area contributed by atoms with Crippen LogP contribution in [0.25, 0.3) is 5.69 Å². The Morgan fingerprint density at radius 3 is 2.65 bits per heavy atom. The first-order chi connectivity index (χ1) is 15.2. The summed E-state index contributed by atoms with van der Waals surface area (Å²) in [4.78, 5) is 13.6. The lowest BCUT2D eigenvalue weighted by atomic mass is 10.2. The molecule has 0 unspecified atom stereocenters. The summed E-state index contributed by atoms with van der Waals surface area (Å²) in [7, 11) is 0. The molecule has 1 amide bonds. The van der Waals surface area contributed by atoms with E-state index in [1.54, 1.807) is 35.6 Å². The number of thiophene rings is 1. The zero-order valence-corrected chi connectivity index (χ0v) is 18.2. The van der Waals surface area contributed by atoms with Gasteiger partial charge in [0.05, 0.1) is 11.3 Å². The quantitative estimate of drug-likeness (QED) is 0.390. The van der Waals surface area contributed by atoms with Crippen LogP contribution in [0.3, 0.4) is 0 Å². The van der Waals surface area contributed by atoms with Crippen LogP contribution in [0.2, 0.25) is 0 Å². The number of aromatic nitrogens is 3. The molecule has 154 valence electrons. The molecule has 0 atom stereocenters. The van der Waals surface area contributed by atoms with Crippen LogP contribution in [0, 0.1) is 11.3 Å². The zero-order chi connectivity index (χ0) is 21.5. The van der Waals surface area contributed by atoms with Crippen molar-refractivity contribution in [2.24, 2.45) is 0 Å². The maximum atomic E-state index is 12.4. The molecule has 0 saturated carbocycles. The van der Waals surface area contributed by atoms with Gasteiger partial charge in [0, 0.05) is 29.2 Å². The molecule has 0 fully saturated rings. The second-order valence-corrected chi connectivity index (χ2v) is 8.72. The maximum Gasteiger partial charge on any atom is 0.225 e. The van der Waals surface area contributed by atoms with E-state index in [-0.39, 0.29) is 5.91 Å². The van der Waals surface area contributed by atoms with E-state index >= 15 is 0 Å². The summed E-state index contributed by atoms with van der Waals surface area (Å²) in [5, 5.41) is 23.6. The lowest BCUT2D eigenvalue weighted by Gasteiger charge is -2.10. The predicted molar refractivity (Wildman–Crippen MR) is 124 cm³/mol. The van der Waals surface area contributed by atoms with Crippen molar-refractivity contribution >= 4 is 34.7 Å². The summed E-state index contributed by atoms with van der Waals surface area (Å²) in [6.07, 6.45) is 0.998. The van der Waals surface area contributed by atoms with Gasteiger partial charge in [-0.2, -0.15) is 5.26 Å². The highest BCUT2D eigenvalue weighted by molar-refractivity contribution is 7.99. The third kappa shape index (κ3) is 5.20. The van der Waals surface area contributed by atoms with Crippen molar-refractivity contribution in [3.05, 3.63) is 88.4 Å². The van der Waals surface area contributed by atoms with E-state index in [1.165, 1.54) is 16.6 Å².